The van der Waals surface area contributed by atoms with Crippen LogP contribution in [0.3, 0.4) is 0 Å². The van der Waals surface area contributed by atoms with Crippen LogP contribution >= 0.6 is 27.5 Å². The zero-order chi connectivity index (χ0) is 13.2. The van der Waals surface area contributed by atoms with E-state index in [0.717, 1.165) is 22.2 Å². The van der Waals surface area contributed by atoms with Crippen molar-refractivity contribution in [2.24, 2.45) is 0 Å². The summed E-state index contributed by atoms with van der Waals surface area (Å²) in [4.78, 5) is 3.22. The normalized spacial score (nSPS) is 10.8. The molecule has 1 heterocycles. The smallest absolute Gasteiger partial charge is 0.0568 e. The molecule has 0 atom stereocenters. The van der Waals surface area contributed by atoms with Crippen molar-refractivity contribution in [1.29, 1.82) is 0 Å². The third kappa shape index (κ3) is 2.62. The summed E-state index contributed by atoms with van der Waals surface area (Å²) >= 11 is 9.47. The van der Waals surface area contributed by atoms with Gasteiger partial charge in [-0.15, -0.1) is 0 Å². The lowest BCUT2D eigenvalue weighted by Crippen LogP contribution is -1.99. The summed E-state index contributed by atoms with van der Waals surface area (Å²) in [5.41, 5.74) is 3.44. The van der Waals surface area contributed by atoms with Crippen molar-refractivity contribution in [1.82, 2.24) is 4.98 Å². The van der Waals surface area contributed by atoms with Gasteiger partial charge in [0.25, 0.3) is 0 Å². The molecule has 0 aliphatic heterocycles. The maximum absolute atomic E-state index is 6.08. The zero-order valence-electron chi connectivity index (χ0n) is 10.1. The fourth-order valence-electron chi connectivity index (χ4n) is 2.11. The number of anilines is 1. The first kappa shape index (κ1) is 12.6. The van der Waals surface area contributed by atoms with Gasteiger partial charge in [0.1, 0.15) is 0 Å². The van der Waals surface area contributed by atoms with Crippen LogP contribution in [0.15, 0.2) is 53.1 Å². The average Bonchev–Trinajstić information content (AvgIpc) is 2.89. The molecule has 0 aliphatic rings. The molecule has 2 aromatic carbocycles. The number of hydrogen-bond donors (Lipinski definition) is 2. The standard InChI is InChI=1S/C15H12BrClN2/c16-13-5-4-11(8-14(13)17)19-9-10-2-1-3-15-12(10)6-7-18-15/h1-8,18-19H,9H2. The van der Waals surface area contributed by atoms with E-state index in [1.165, 1.54) is 10.9 Å². The minimum atomic E-state index is 0.713. The molecule has 0 saturated carbocycles. The highest BCUT2D eigenvalue weighted by Gasteiger charge is 2.02. The first-order valence-corrected chi connectivity index (χ1v) is 7.15. The Labute approximate surface area is 124 Å². The predicted octanol–water partition coefficient (Wildman–Crippen LogP) is 5.20. The molecule has 0 aliphatic carbocycles. The van der Waals surface area contributed by atoms with Crippen molar-refractivity contribution < 1.29 is 0 Å². The fraction of sp³-hybridized carbons (Fsp3) is 0.0667. The molecule has 1 aromatic heterocycles. The molecule has 2 nitrogen and oxygen atoms in total. The molecule has 4 heteroatoms. The Morgan fingerprint density at radius 1 is 1.16 bits per heavy atom. The SMILES string of the molecule is Clc1cc(NCc2cccc3[nH]ccc23)ccc1Br. The zero-order valence-corrected chi connectivity index (χ0v) is 12.4. The van der Waals surface area contributed by atoms with E-state index < -0.39 is 0 Å². The molecule has 0 unspecified atom stereocenters. The quantitative estimate of drug-likeness (QED) is 0.677. The molecule has 0 bridgehead atoms. The van der Waals surface area contributed by atoms with Gasteiger partial charge in [0.05, 0.1) is 5.02 Å². The van der Waals surface area contributed by atoms with Crippen molar-refractivity contribution >= 4 is 44.1 Å². The third-order valence-corrected chi connectivity index (χ3v) is 4.32. The first-order valence-electron chi connectivity index (χ1n) is 5.98. The predicted molar refractivity (Wildman–Crippen MR) is 84.8 cm³/mol. The van der Waals surface area contributed by atoms with E-state index in [0.29, 0.717) is 5.02 Å². The number of nitrogens with one attached hydrogen (secondary N) is 2. The molecule has 0 spiro atoms. The Bertz CT molecular complexity index is 721. The van der Waals surface area contributed by atoms with Crippen molar-refractivity contribution in [2.45, 2.75) is 6.54 Å². The Morgan fingerprint density at radius 3 is 2.89 bits per heavy atom. The van der Waals surface area contributed by atoms with Gasteiger partial charge in [0, 0.05) is 33.8 Å². The van der Waals surface area contributed by atoms with Gasteiger partial charge >= 0.3 is 0 Å². The molecule has 2 N–H and O–H groups in total. The summed E-state index contributed by atoms with van der Waals surface area (Å²) in [6, 6.07) is 14.2. The Kier molecular flexibility index (Phi) is 3.49. The van der Waals surface area contributed by atoms with Gasteiger partial charge in [-0.3, -0.25) is 0 Å². The molecule has 0 radical (unpaired) electrons. The van der Waals surface area contributed by atoms with Crippen molar-refractivity contribution in [3.8, 4) is 0 Å². The summed E-state index contributed by atoms with van der Waals surface area (Å²) in [5, 5.41) is 5.35. The van der Waals surface area contributed by atoms with Gasteiger partial charge in [0.2, 0.25) is 0 Å². The number of hydrogen-bond acceptors (Lipinski definition) is 1. The second-order valence-corrected chi connectivity index (χ2v) is 5.60. The summed E-state index contributed by atoms with van der Waals surface area (Å²) in [7, 11) is 0. The van der Waals surface area contributed by atoms with Gasteiger partial charge in [-0.2, -0.15) is 0 Å². The van der Waals surface area contributed by atoms with Crippen molar-refractivity contribution in [2.75, 3.05) is 5.32 Å². The Balaban J connectivity index is 1.82. The molecular formula is C15H12BrClN2. The highest BCUT2D eigenvalue weighted by molar-refractivity contribution is 9.10. The Hall–Kier alpha value is -1.45. The van der Waals surface area contributed by atoms with Crippen LogP contribution in [0.5, 0.6) is 0 Å². The highest BCUT2D eigenvalue weighted by atomic mass is 79.9. The van der Waals surface area contributed by atoms with Crippen molar-refractivity contribution in [3.05, 3.63) is 63.7 Å². The molecule has 0 amide bonds. The minimum Gasteiger partial charge on any atom is -0.381 e. The topological polar surface area (TPSA) is 27.8 Å². The van der Waals surface area contributed by atoms with E-state index in [9.17, 15) is 0 Å². The van der Waals surface area contributed by atoms with Gasteiger partial charge in [-0.1, -0.05) is 23.7 Å². The monoisotopic (exact) mass is 334 g/mol. The van der Waals surface area contributed by atoms with E-state index >= 15 is 0 Å². The number of fused-ring (bicyclic) bond motifs is 1. The van der Waals surface area contributed by atoms with Crippen molar-refractivity contribution in [3.63, 3.8) is 0 Å². The van der Waals surface area contributed by atoms with Gasteiger partial charge in [-0.05, 0) is 51.8 Å². The number of aromatic nitrogens is 1. The number of aromatic amines is 1. The van der Waals surface area contributed by atoms with Crippen LogP contribution in [0.2, 0.25) is 5.02 Å². The van der Waals surface area contributed by atoms with Gasteiger partial charge < -0.3 is 10.3 Å². The van der Waals surface area contributed by atoms with E-state index in [2.05, 4.69) is 50.5 Å². The summed E-state index contributed by atoms with van der Waals surface area (Å²) in [6.45, 7) is 0.771. The first-order chi connectivity index (χ1) is 9.24. The summed E-state index contributed by atoms with van der Waals surface area (Å²) < 4.78 is 0.910. The molecule has 3 rings (SSSR count). The minimum absolute atomic E-state index is 0.713. The molecule has 0 saturated heterocycles. The van der Waals surface area contributed by atoms with Crippen LogP contribution < -0.4 is 5.32 Å². The maximum Gasteiger partial charge on any atom is 0.0568 e. The van der Waals surface area contributed by atoms with Crippen LogP contribution in [0, 0.1) is 0 Å². The lowest BCUT2D eigenvalue weighted by Gasteiger charge is -2.08. The van der Waals surface area contributed by atoms with Crippen LogP contribution in [0.1, 0.15) is 5.56 Å². The van der Waals surface area contributed by atoms with Gasteiger partial charge in [0.15, 0.2) is 0 Å². The Morgan fingerprint density at radius 2 is 2.05 bits per heavy atom. The molecule has 0 fully saturated rings. The van der Waals surface area contributed by atoms with Crippen LogP contribution in [-0.4, -0.2) is 4.98 Å². The van der Waals surface area contributed by atoms with E-state index in [1.54, 1.807) is 0 Å². The third-order valence-electron chi connectivity index (χ3n) is 3.09. The number of rotatable bonds is 3. The summed E-state index contributed by atoms with van der Waals surface area (Å²) in [5.74, 6) is 0. The largest absolute Gasteiger partial charge is 0.381 e. The lowest BCUT2D eigenvalue weighted by atomic mass is 10.1. The fourth-order valence-corrected chi connectivity index (χ4v) is 2.54. The van der Waals surface area contributed by atoms with Crippen LogP contribution in [-0.2, 0) is 6.54 Å². The van der Waals surface area contributed by atoms with Crippen LogP contribution in [0.25, 0.3) is 10.9 Å². The second-order valence-electron chi connectivity index (χ2n) is 4.34. The van der Waals surface area contributed by atoms with E-state index in [1.807, 2.05) is 24.4 Å². The molecule has 96 valence electrons. The number of halogens is 2. The van der Waals surface area contributed by atoms with Gasteiger partial charge in [-0.25, -0.2) is 0 Å². The molecular weight excluding hydrogens is 324 g/mol. The maximum atomic E-state index is 6.08. The summed E-state index contributed by atoms with van der Waals surface area (Å²) in [6.07, 6.45) is 1.96. The van der Waals surface area contributed by atoms with E-state index in [-0.39, 0.29) is 0 Å². The average molecular weight is 336 g/mol. The second kappa shape index (κ2) is 5.27. The van der Waals surface area contributed by atoms with E-state index in [4.69, 9.17) is 11.6 Å². The lowest BCUT2D eigenvalue weighted by molar-refractivity contribution is 1.17. The molecule has 3 aromatic rings. The number of H-pyrrole nitrogens is 1. The van der Waals surface area contributed by atoms with Crippen LogP contribution in [0.4, 0.5) is 5.69 Å². The highest BCUT2D eigenvalue weighted by Crippen LogP contribution is 2.26. The molecule has 19 heavy (non-hydrogen) atoms. The number of benzene rings is 2.